The highest BCUT2D eigenvalue weighted by Crippen LogP contribution is 2.11. The van der Waals surface area contributed by atoms with Crippen LogP contribution in [0.25, 0.3) is 0 Å². The standard InChI is InChI=1S/C12H16O3/c1-3-11(13)9-15-8-10-4-6-12(14-2)7-5-10/h4-7H,3,8-9H2,1-2H3. The summed E-state index contributed by atoms with van der Waals surface area (Å²) in [5, 5.41) is 0. The predicted octanol–water partition coefficient (Wildman–Crippen LogP) is 2.19. The predicted molar refractivity (Wildman–Crippen MR) is 57.9 cm³/mol. The quantitative estimate of drug-likeness (QED) is 0.718. The lowest BCUT2D eigenvalue weighted by Crippen LogP contribution is -2.06. The van der Waals surface area contributed by atoms with Crippen LogP contribution in [0, 0.1) is 0 Å². The first-order valence-corrected chi connectivity index (χ1v) is 4.98. The fraction of sp³-hybridized carbons (Fsp3) is 0.417. The fourth-order valence-corrected chi connectivity index (χ4v) is 1.11. The van der Waals surface area contributed by atoms with Crippen molar-refractivity contribution in [1.29, 1.82) is 0 Å². The molecule has 1 aromatic carbocycles. The fourth-order valence-electron chi connectivity index (χ4n) is 1.11. The van der Waals surface area contributed by atoms with Crippen LogP contribution in [-0.4, -0.2) is 19.5 Å². The lowest BCUT2D eigenvalue weighted by atomic mass is 10.2. The van der Waals surface area contributed by atoms with E-state index in [4.69, 9.17) is 9.47 Å². The van der Waals surface area contributed by atoms with Gasteiger partial charge in [0, 0.05) is 6.42 Å². The Hall–Kier alpha value is -1.35. The van der Waals surface area contributed by atoms with Crippen molar-refractivity contribution in [3.8, 4) is 5.75 Å². The average Bonchev–Trinajstić information content (AvgIpc) is 2.29. The lowest BCUT2D eigenvalue weighted by molar-refractivity contribution is -0.123. The number of ketones is 1. The van der Waals surface area contributed by atoms with Crippen LogP contribution in [0.5, 0.6) is 5.75 Å². The van der Waals surface area contributed by atoms with E-state index in [0.717, 1.165) is 11.3 Å². The number of Topliss-reactive ketones (excluding diaryl/α,β-unsaturated/α-hetero) is 1. The van der Waals surface area contributed by atoms with Crippen molar-refractivity contribution in [3.63, 3.8) is 0 Å². The summed E-state index contributed by atoms with van der Waals surface area (Å²) in [6.45, 7) is 2.50. The first-order chi connectivity index (χ1) is 7.26. The molecule has 0 saturated carbocycles. The first kappa shape index (κ1) is 11.7. The molecule has 0 spiro atoms. The summed E-state index contributed by atoms with van der Waals surface area (Å²) in [5.74, 6) is 0.951. The van der Waals surface area contributed by atoms with Gasteiger partial charge in [0.15, 0.2) is 5.78 Å². The van der Waals surface area contributed by atoms with Crippen molar-refractivity contribution in [1.82, 2.24) is 0 Å². The van der Waals surface area contributed by atoms with Crippen molar-refractivity contribution in [3.05, 3.63) is 29.8 Å². The average molecular weight is 208 g/mol. The van der Waals surface area contributed by atoms with Crippen LogP contribution in [0.2, 0.25) is 0 Å². The van der Waals surface area contributed by atoms with Gasteiger partial charge in [0.1, 0.15) is 12.4 Å². The van der Waals surface area contributed by atoms with Gasteiger partial charge in [0.2, 0.25) is 0 Å². The number of ether oxygens (including phenoxy) is 2. The highest BCUT2D eigenvalue weighted by Gasteiger charge is 1.99. The van der Waals surface area contributed by atoms with Gasteiger partial charge in [-0.2, -0.15) is 0 Å². The van der Waals surface area contributed by atoms with Gasteiger partial charge in [-0.25, -0.2) is 0 Å². The Bertz CT molecular complexity index is 303. The highest BCUT2D eigenvalue weighted by molar-refractivity contribution is 5.79. The Labute approximate surface area is 90.0 Å². The van der Waals surface area contributed by atoms with Crippen LogP contribution in [0.1, 0.15) is 18.9 Å². The number of benzene rings is 1. The summed E-state index contributed by atoms with van der Waals surface area (Å²) in [5.41, 5.74) is 1.04. The highest BCUT2D eigenvalue weighted by atomic mass is 16.5. The number of carbonyl (C=O) groups excluding carboxylic acids is 1. The second kappa shape index (κ2) is 6.19. The van der Waals surface area contributed by atoms with E-state index in [9.17, 15) is 4.79 Å². The third kappa shape index (κ3) is 4.13. The normalized spacial score (nSPS) is 10.0. The van der Waals surface area contributed by atoms with Gasteiger partial charge in [-0.3, -0.25) is 4.79 Å². The van der Waals surface area contributed by atoms with Crippen LogP contribution < -0.4 is 4.74 Å². The molecular weight excluding hydrogens is 192 g/mol. The van der Waals surface area contributed by atoms with Crippen molar-refractivity contribution >= 4 is 5.78 Å². The van der Waals surface area contributed by atoms with Gasteiger partial charge in [-0.1, -0.05) is 19.1 Å². The van der Waals surface area contributed by atoms with Crippen molar-refractivity contribution in [2.45, 2.75) is 20.0 Å². The van der Waals surface area contributed by atoms with Gasteiger partial charge < -0.3 is 9.47 Å². The maximum absolute atomic E-state index is 11.0. The van der Waals surface area contributed by atoms with Gasteiger partial charge in [-0.15, -0.1) is 0 Å². The van der Waals surface area contributed by atoms with Crippen LogP contribution in [0.15, 0.2) is 24.3 Å². The molecule has 0 aromatic heterocycles. The molecule has 0 fully saturated rings. The molecule has 15 heavy (non-hydrogen) atoms. The number of carbonyl (C=O) groups is 1. The molecule has 1 aromatic rings. The van der Waals surface area contributed by atoms with E-state index >= 15 is 0 Å². The molecule has 0 aliphatic heterocycles. The molecule has 0 bridgehead atoms. The molecule has 3 heteroatoms. The van der Waals surface area contributed by atoms with Crippen molar-refractivity contribution < 1.29 is 14.3 Å². The van der Waals surface area contributed by atoms with E-state index in [0.29, 0.717) is 13.0 Å². The van der Waals surface area contributed by atoms with Crippen LogP contribution >= 0.6 is 0 Å². The largest absolute Gasteiger partial charge is 0.497 e. The zero-order valence-corrected chi connectivity index (χ0v) is 9.16. The maximum atomic E-state index is 11.0. The smallest absolute Gasteiger partial charge is 0.158 e. The molecule has 0 unspecified atom stereocenters. The van der Waals surface area contributed by atoms with Gasteiger partial charge in [0.05, 0.1) is 13.7 Å². The minimum atomic E-state index is 0.128. The molecule has 0 aliphatic carbocycles. The van der Waals surface area contributed by atoms with Crippen LogP contribution in [0.4, 0.5) is 0 Å². The van der Waals surface area contributed by atoms with Crippen molar-refractivity contribution in [2.75, 3.05) is 13.7 Å². The minimum Gasteiger partial charge on any atom is -0.497 e. The first-order valence-electron chi connectivity index (χ1n) is 4.98. The Balaban J connectivity index is 2.34. The zero-order chi connectivity index (χ0) is 11.1. The van der Waals surface area contributed by atoms with Crippen molar-refractivity contribution in [2.24, 2.45) is 0 Å². The molecule has 3 nitrogen and oxygen atoms in total. The summed E-state index contributed by atoms with van der Waals surface area (Å²) in [6, 6.07) is 7.60. The summed E-state index contributed by atoms with van der Waals surface area (Å²) in [6.07, 6.45) is 0.530. The molecule has 0 N–H and O–H groups in total. The second-order valence-electron chi connectivity index (χ2n) is 3.23. The van der Waals surface area contributed by atoms with E-state index in [1.807, 2.05) is 31.2 Å². The number of rotatable bonds is 6. The maximum Gasteiger partial charge on any atom is 0.158 e. The number of hydrogen-bond acceptors (Lipinski definition) is 3. The van der Waals surface area contributed by atoms with Gasteiger partial charge in [0.25, 0.3) is 0 Å². The molecule has 82 valence electrons. The number of hydrogen-bond donors (Lipinski definition) is 0. The third-order valence-electron chi connectivity index (χ3n) is 2.09. The van der Waals surface area contributed by atoms with Gasteiger partial charge in [-0.05, 0) is 17.7 Å². The van der Waals surface area contributed by atoms with E-state index in [1.54, 1.807) is 7.11 Å². The molecule has 0 atom stereocenters. The molecule has 0 radical (unpaired) electrons. The Morgan fingerprint density at radius 1 is 1.27 bits per heavy atom. The summed E-state index contributed by atoms with van der Waals surface area (Å²) in [7, 11) is 1.63. The Kier molecular flexibility index (Phi) is 4.84. The topological polar surface area (TPSA) is 35.5 Å². The molecule has 0 amide bonds. The Morgan fingerprint density at radius 2 is 1.93 bits per heavy atom. The Morgan fingerprint density at radius 3 is 2.47 bits per heavy atom. The minimum absolute atomic E-state index is 0.128. The molecule has 0 heterocycles. The van der Waals surface area contributed by atoms with E-state index < -0.39 is 0 Å². The summed E-state index contributed by atoms with van der Waals surface area (Å²) < 4.78 is 10.3. The van der Waals surface area contributed by atoms with E-state index in [-0.39, 0.29) is 12.4 Å². The monoisotopic (exact) mass is 208 g/mol. The summed E-state index contributed by atoms with van der Waals surface area (Å²) in [4.78, 5) is 11.0. The molecule has 0 aliphatic rings. The van der Waals surface area contributed by atoms with E-state index in [2.05, 4.69) is 0 Å². The second-order valence-corrected chi connectivity index (χ2v) is 3.23. The molecule has 0 saturated heterocycles. The van der Waals surface area contributed by atoms with Crippen LogP contribution in [0.3, 0.4) is 0 Å². The zero-order valence-electron chi connectivity index (χ0n) is 9.16. The lowest BCUT2D eigenvalue weighted by Gasteiger charge is -2.04. The third-order valence-corrected chi connectivity index (χ3v) is 2.09. The SMILES string of the molecule is CCC(=O)COCc1ccc(OC)cc1. The summed E-state index contributed by atoms with van der Waals surface area (Å²) >= 11 is 0. The van der Waals surface area contributed by atoms with Gasteiger partial charge >= 0.3 is 0 Å². The van der Waals surface area contributed by atoms with E-state index in [1.165, 1.54) is 0 Å². The molecular formula is C12H16O3. The van der Waals surface area contributed by atoms with Crippen LogP contribution in [-0.2, 0) is 16.1 Å². The molecule has 1 rings (SSSR count). The number of methoxy groups -OCH3 is 1.